The van der Waals surface area contributed by atoms with E-state index in [1.165, 1.54) is 5.06 Å². The van der Waals surface area contributed by atoms with Crippen LogP contribution in [0.2, 0.25) is 0 Å². The fraction of sp³-hybridized carbons (Fsp3) is 0.462. The van der Waals surface area contributed by atoms with Gasteiger partial charge in [0.1, 0.15) is 0 Å². The Morgan fingerprint density at radius 2 is 2.12 bits per heavy atom. The number of carbonyl (C=O) groups excluding carboxylic acids is 1. The van der Waals surface area contributed by atoms with Crippen LogP contribution in [-0.2, 0) is 9.57 Å². The van der Waals surface area contributed by atoms with E-state index in [2.05, 4.69) is 0 Å². The molecule has 1 unspecified atom stereocenters. The normalized spacial score (nSPS) is 19.9. The van der Waals surface area contributed by atoms with Gasteiger partial charge in [-0.15, -0.1) is 0 Å². The minimum atomic E-state index is -0.290. The number of amides is 1. The fourth-order valence-electron chi connectivity index (χ4n) is 1.78. The van der Waals surface area contributed by atoms with Crippen molar-refractivity contribution in [2.75, 3.05) is 13.7 Å². The minimum absolute atomic E-state index is 0.153. The van der Waals surface area contributed by atoms with Crippen LogP contribution < -0.4 is 0 Å². The summed E-state index contributed by atoms with van der Waals surface area (Å²) in [5, 5.41) is 1.26. The third-order valence-electron chi connectivity index (χ3n) is 2.72. The van der Waals surface area contributed by atoms with E-state index >= 15 is 0 Å². The largest absolute Gasteiger partial charge is 0.350 e. The van der Waals surface area contributed by atoms with E-state index in [1.807, 2.05) is 18.2 Å². The maximum Gasteiger partial charge on any atom is 0.277 e. The Bertz CT molecular complexity index is 360. The minimum Gasteiger partial charge on any atom is -0.350 e. The van der Waals surface area contributed by atoms with Crippen LogP contribution in [0.3, 0.4) is 0 Å². The standard InChI is InChI=1S/C13H17NO3/c1-14(17-12-9-5-6-10-16-12)13(15)11-7-3-2-4-8-11/h2-4,7-8,12H,5-6,9-10H2,1H3. The van der Waals surface area contributed by atoms with Crippen molar-refractivity contribution in [1.29, 1.82) is 0 Å². The molecule has 92 valence electrons. The molecule has 0 saturated carbocycles. The van der Waals surface area contributed by atoms with Crippen molar-refractivity contribution in [3.8, 4) is 0 Å². The second-order valence-electron chi connectivity index (χ2n) is 4.07. The molecule has 4 nitrogen and oxygen atoms in total. The van der Waals surface area contributed by atoms with Crippen molar-refractivity contribution in [2.24, 2.45) is 0 Å². The lowest BCUT2D eigenvalue weighted by Gasteiger charge is -2.26. The molecule has 1 aliphatic rings. The van der Waals surface area contributed by atoms with Gasteiger partial charge in [-0.25, -0.2) is 9.90 Å². The van der Waals surface area contributed by atoms with Crippen LogP contribution in [0.5, 0.6) is 0 Å². The molecule has 1 aromatic carbocycles. The molecule has 1 amide bonds. The highest BCUT2D eigenvalue weighted by atomic mass is 16.8. The number of hydrogen-bond acceptors (Lipinski definition) is 3. The van der Waals surface area contributed by atoms with Crippen molar-refractivity contribution in [3.63, 3.8) is 0 Å². The van der Waals surface area contributed by atoms with E-state index in [9.17, 15) is 4.79 Å². The molecule has 0 spiro atoms. The number of carbonyl (C=O) groups is 1. The molecule has 1 heterocycles. The van der Waals surface area contributed by atoms with E-state index in [0.717, 1.165) is 19.3 Å². The van der Waals surface area contributed by atoms with Gasteiger partial charge in [-0.2, -0.15) is 0 Å². The molecule has 1 atom stereocenters. The number of hydroxylamine groups is 2. The summed E-state index contributed by atoms with van der Waals surface area (Å²) in [7, 11) is 1.62. The summed E-state index contributed by atoms with van der Waals surface area (Å²) < 4.78 is 5.42. The SMILES string of the molecule is CN(OC1CCCCO1)C(=O)c1ccccc1. The smallest absolute Gasteiger partial charge is 0.277 e. The molecule has 0 aliphatic carbocycles. The molecule has 4 heteroatoms. The molecule has 17 heavy (non-hydrogen) atoms. The Labute approximate surface area is 101 Å². The predicted octanol–water partition coefficient (Wildman–Crippen LogP) is 2.22. The van der Waals surface area contributed by atoms with Gasteiger partial charge in [-0.1, -0.05) is 18.2 Å². The van der Waals surface area contributed by atoms with Crippen molar-refractivity contribution >= 4 is 5.91 Å². The lowest BCUT2D eigenvalue weighted by molar-refractivity contribution is -0.258. The molecule has 0 N–H and O–H groups in total. The van der Waals surface area contributed by atoms with Crippen molar-refractivity contribution in [2.45, 2.75) is 25.6 Å². The molecular formula is C13H17NO3. The van der Waals surface area contributed by atoms with Gasteiger partial charge in [0.2, 0.25) is 0 Å². The van der Waals surface area contributed by atoms with Gasteiger partial charge in [0.15, 0.2) is 6.29 Å². The molecule has 1 aromatic rings. The highest BCUT2D eigenvalue weighted by Gasteiger charge is 2.20. The third kappa shape index (κ3) is 3.28. The van der Waals surface area contributed by atoms with Gasteiger partial charge in [0.05, 0.1) is 0 Å². The zero-order chi connectivity index (χ0) is 12.1. The van der Waals surface area contributed by atoms with E-state index in [0.29, 0.717) is 12.2 Å². The highest BCUT2D eigenvalue weighted by molar-refractivity contribution is 5.93. The number of rotatable bonds is 3. The lowest BCUT2D eigenvalue weighted by Crippen LogP contribution is -2.34. The molecule has 1 saturated heterocycles. The Balaban J connectivity index is 1.91. The van der Waals surface area contributed by atoms with E-state index in [1.54, 1.807) is 19.2 Å². The van der Waals surface area contributed by atoms with Crippen molar-refractivity contribution in [1.82, 2.24) is 5.06 Å². The summed E-state index contributed by atoms with van der Waals surface area (Å²) in [6.45, 7) is 0.706. The molecular weight excluding hydrogens is 218 g/mol. The van der Waals surface area contributed by atoms with Crippen molar-refractivity contribution in [3.05, 3.63) is 35.9 Å². The monoisotopic (exact) mass is 235 g/mol. The number of hydrogen-bond donors (Lipinski definition) is 0. The van der Waals surface area contributed by atoms with Crippen LogP contribution in [0.4, 0.5) is 0 Å². The summed E-state index contributed by atoms with van der Waals surface area (Å²) in [5.41, 5.74) is 0.616. The van der Waals surface area contributed by atoms with Crippen LogP contribution in [-0.4, -0.2) is 30.9 Å². The van der Waals surface area contributed by atoms with Crippen LogP contribution >= 0.6 is 0 Å². The molecule has 1 fully saturated rings. The molecule has 0 radical (unpaired) electrons. The maximum absolute atomic E-state index is 12.0. The van der Waals surface area contributed by atoms with Gasteiger partial charge in [0.25, 0.3) is 5.91 Å². The number of nitrogens with zero attached hydrogens (tertiary/aromatic N) is 1. The van der Waals surface area contributed by atoms with E-state index in [-0.39, 0.29) is 12.2 Å². The zero-order valence-electron chi connectivity index (χ0n) is 9.96. The summed E-state index contributed by atoms with van der Waals surface area (Å²) in [6.07, 6.45) is 2.70. The quantitative estimate of drug-likeness (QED) is 0.754. The van der Waals surface area contributed by atoms with Gasteiger partial charge in [-0.05, 0) is 25.0 Å². The predicted molar refractivity (Wildman–Crippen MR) is 63.2 cm³/mol. The highest BCUT2D eigenvalue weighted by Crippen LogP contribution is 2.15. The van der Waals surface area contributed by atoms with Crippen molar-refractivity contribution < 1.29 is 14.4 Å². The zero-order valence-corrected chi connectivity index (χ0v) is 9.96. The molecule has 0 aromatic heterocycles. The van der Waals surface area contributed by atoms with Gasteiger partial charge in [-0.3, -0.25) is 4.79 Å². The maximum atomic E-state index is 12.0. The van der Waals surface area contributed by atoms with Crippen LogP contribution in [0.1, 0.15) is 29.6 Å². The Morgan fingerprint density at radius 1 is 1.35 bits per heavy atom. The first-order chi connectivity index (χ1) is 8.27. The van der Waals surface area contributed by atoms with Gasteiger partial charge >= 0.3 is 0 Å². The van der Waals surface area contributed by atoms with Crippen LogP contribution in [0.25, 0.3) is 0 Å². The number of ether oxygens (including phenoxy) is 1. The second kappa shape index (κ2) is 5.80. The first-order valence-corrected chi connectivity index (χ1v) is 5.89. The average Bonchev–Trinajstić information content (AvgIpc) is 2.40. The van der Waals surface area contributed by atoms with Gasteiger partial charge < -0.3 is 4.74 Å². The van der Waals surface area contributed by atoms with E-state index in [4.69, 9.17) is 9.57 Å². The first-order valence-electron chi connectivity index (χ1n) is 5.89. The number of benzene rings is 1. The summed E-state index contributed by atoms with van der Waals surface area (Å²) in [5.74, 6) is -0.153. The summed E-state index contributed by atoms with van der Waals surface area (Å²) in [4.78, 5) is 17.4. The Kier molecular flexibility index (Phi) is 4.12. The summed E-state index contributed by atoms with van der Waals surface area (Å²) in [6, 6.07) is 9.08. The Morgan fingerprint density at radius 3 is 2.76 bits per heavy atom. The second-order valence-corrected chi connectivity index (χ2v) is 4.07. The molecule has 0 bridgehead atoms. The lowest BCUT2D eigenvalue weighted by atomic mass is 10.2. The topological polar surface area (TPSA) is 38.8 Å². The fourth-order valence-corrected chi connectivity index (χ4v) is 1.78. The average molecular weight is 235 g/mol. The Hall–Kier alpha value is -1.39. The third-order valence-corrected chi connectivity index (χ3v) is 2.72. The van der Waals surface area contributed by atoms with E-state index < -0.39 is 0 Å². The molecule has 1 aliphatic heterocycles. The summed E-state index contributed by atoms with van der Waals surface area (Å²) >= 11 is 0. The first kappa shape index (κ1) is 12.1. The van der Waals surface area contributed by atoms with Crippen LogP contribution in [0.15, 0.2) is 30.3 Å². The molecule has 2 rings (SSSR count). The van der Waals surface area contributed by atoms with Gasteiger partial charge in [0, 0.05) is 25.6 Å². The van der Waals surface area contributed by atoms with Crippen LogP contribution in [0, 0.1) is 0 Å².